The summed E-state index contributed by atoms with van der Waals surface area (Å²) >= 11 is 5.97. The molecule has 0 bridgehead atoms. The van der Waals surface area contributed by atoms with Crippen LogP contribution in [0.3, 0.4) is 0 Å². The summed E-state index contributed by atoms with van der Waals surface area (Å²) in [5, 5.41) is 10.7. The van der Waals surface area contributed by atoms with Crippen LogP contribution in [0.1, 0.15) is 42.9 Å². The SMILES string of the molecule is C=C(C)c1ccc(OCC(=O)OCC)cc1C(CCc1ccc(-c2ccc(Cl)cc2)cc1)C(=O)O. The van der Waals surface area contributed by atoms with Crippen LogP contribution in [0.25, 0.3) is 16.7 Å². The molecule has 0 aliphatic heterocycles. The predicted octanol–water partition coefficient (Wildman–Crippen LogP) is 6.78. The lowest BCUT2D eigenvalue weighted by molar-refractivity contribution is -0.145. The molecule has 0 saturated heterocycles. The summed E-state index contributed by atoms with van der Waals surface area (Å²) < 4.78 is 10.4. The van der Waals surface area contributed by atoms with Gasteiger partial charge < -0.3 is 14.6 Å². The van der Waals surface area contributed by atoms with E-state index in [2.05, 4.69) is 6.58 Å². The highest BCUT2D eigenvalue weighted by Gasteiger charge is 2.24. The highest BCUT2D eigenvalue weighted by atomic mass is 35.5. The Bertz CT molecular complexity index is 1180. The number of aliphatic carboxylic acids is 1. The van der Waals surface area contributed by atoms with Gasteiger partial charge in [-0.2, -0.15) is 0 Å². The highest BCUT2D eigenvalue weighted by molar-refractivity contribution is 6.30. The monoisotopic (exact) mass is 492 g/mol. The molecule has 35 heavy (non-hydrogen) atoms. The molecule has 0 heterocycles. The van der Waals surface area contributed by atoms with E-state index in [1.165, 1.54) is 0 Å². The molecule has 0 aliphatic carbocycles. The van der Waals surface area contributed by atoms with Gasteiger partial charge in [0, 0.05) is 5.02 Å². The first-order chi connectivity index (χ1) is 16.8. The average Bonchev–Trinajstić information content (AvgIpc) is 2.84. The van der Waals surface area contributed by atoms with E-state index in [4.69, 9.17) is 21.1 Å². The summed E-state index contributed by atoms with van der Waals surface area (Å²) in [6.07, 6.45) is 0.985. The minimum Gasteiger partial charge on any atom is -0.482 e. The highest BCUT2D eigenvalue weighted by Crippen LogP contribution is 2.32. The maximum atomic E-state index is 12.3. The van der Waals surface area contributed by atoms with E-state index >= 15 is 0 Å². The van der Waals surface area contributed by atoms with Crippen LogP contribution in [0.15, 0.2) is 73.3 Å². The first kappa shape index (κ1) is 26.0. The number of hydrogen-bond acceptors (Lipinski definition) is 4. The Morgan fingerprint density at radius 3 is 2.20 bits per heavy atom. The van der Waals surface area contributed by atoms with Crippen molar-refractivity contribution in [2.45, 2.75) is 32.6 Å². The molecular weight excluding hydrogens is 464 g/mol. The number of ether oxygens (including phenoxy) is 2. The molecule has 0 amide bonds. The van der Waals surface area contributed by atoms with Crippen molar-refractivity contribution in [2.24, 2.45) is 0 Å². The van der Waals surface area contributed by atoms with Gasteiger partial charge in [0.1, 0.15) is 5.75 Å². The fraction of sp³-hybridized carbons (Fsp3) is 0.241. The molecule has 182 valence electrons. The van der Waals surface area contributed by atoms with Gasteiger partial charge in [0.25, 0.3) is 0 Å². The summed E-state index contributed by atoms with van der Waals surface area (Å²) in [6.45, 7) is 7.59. The zero-order valence-corrected chi connectivity index (χ0v) is 20.7. The maximum absolute atomic E-state index is 12.3. The number of benzene rings is 3. The lowest BCUT2D eigenvalue weighted by Gasteiger charge is -2.19. The van der Waals surface area contributed by atoms with E-state index in [1.807, 2.05) is 55.5 Å². The first-order valence-electron chi connectivity index (χ1n) is 11.4. The van der Waals surface area contributed by atoms with Crippen molar-refractivity contribution in [1.82, 2.24) is 0 Å². The van der Waals surface area contributed by atoms with Crippen LogP contribution in [0.4, 0.5) is 0 Å². The van der Waals surface area contributed by atoms with Crippen molar-refractivity contribution in [3.63, 3.8) is 0 Å². The Kier molecular flexibility index (Phi) is 9.10. The number of rotatable bonds is 11. The van der Waals surface area contributed by atoms with Crippen molar-refractivity contribution in [1.29, 1.82) is 0 Å². The number of carbonyl (C=O) groups excluding carboxylic acids is 1. The van der Waals surface area contributed by atoms with Gasteiger partial charge in [-0.15, -0.1) is 0 Å². The van der Waals surface area contributed by atoms with E-state index < -0.39 is 17.9 Å². The smallest absolute Gasteiger partial charge is 0.344 e. The lowest BCUT2D eigenvalue weighted by atomic mass is 9.87. The summed E-state index contributed by atoms with van der Waals surface area (Å²) in [6, 6.07) is 20.9. The number of halogens is 1. The molecule has 0 spiro atoms. The van der Waals surface area contributed by atoms with Crippen molar-refractivity contribution in [3.05, 3.63) is 95.0 Å². The van der Waals surface area contributed by atoms with Crippen molar-refractivity contribution < 1.29 is 24.2 Å². The van der Waals surface area contributed by atoms with E-state index in [-0.39, 0.29) is 13.2 Å². The van der Waals surface area contributed by atoms with E-state index in [0.29, 0.717) is 29.2 Å². The minimum absolute atomic E-state index is 0.239. The van der Waals surface area contributed by atoms with Crippen LogP contribution in [0.2, 0.25) is 5.02 Å². The fourth-order valence-corrected chi connectivity index (χ4v) is 4.01. The Morgan fingerprint density at radius 1 is 1.00 bits per heavy atom. The Labute approximate surface area is 211 Å². The third-order valence-electron chi connectivity index (χ3n) is 5.67. The molecule has 5 nitrogen and oxygen atoms in total. The molecule has 0 fully saturated rings. The second-order valence-electron chi connectivity index (χ2n) is 8.26. The normalized spacial score (nSPS) is 11.5. The second kappa shape index (κ2) is 12.2. The van der Waals surface area contributed by atoms with Crippen molar-refractivity contribution >= 4 is 29.1 Å². The number of carboxylic acids is 1. The molecule has 3 rings (SSSR count). The number of hydrogen-bond donors (Lipinski definition) is 1. The largest absolute Gasteiger partial charge is 0.482 e. The maximum Gasteiger partial charge on any atom is 0.344 e. The zero-order valence-electron chi connectivity index (χ0n) is 19.9. The molecule has 1 unspecified atom stereocenters. The Balaban J connectivity index is 1.77. The molecule has 0 aromatic heterocycles. The Hall–Kier alpha value is -3.57. The third kappa shape index (κ3) is 7.20. The average molecular weight is 493 g/mol. The summed E-state index contributed by atoms with van der Waals surface area (Å²) in [4.78, 5) is 23.9. The van der Waals surface area contributed by atoms with E-state index in [9.17, 15) is 14.7 Å². The molecule has 0 saturated carbocycles. The first-order valence-corrected chi connectivity index (χ1v) is 11.8. The van der Waals surface area contributed by atoms with Crippen LogP contribution in [0.5, 0.6) is 5.75 Å². The quantitative estimate of drug-likeness (QED) is 0.298. The second-order valence-corrected chi connectivity index (χ2v) is 8.69. The number of allylic oxidation sites excluding steroid dienone is 1. The molecule has 1 N–H and O–H groups in total. The van der Waals surface area contributed by atoms with Crippen LogP contribution in [0, 0.1) is 0 Å². The topological polar surface area (TPSA) is 72.8 Å². The summed E-state index contributed by atoms with van der Waals surface area (Å²) in [5.74, 6) is -1.75. The number of aryl methyl sites for hydroxylation is 1. The van der Waals surface area contributed by atoms with E-state index in [1.54, 1.807) is 25.1 Å². The number of carboxylic acid groups (broad SMARTS) is 1. The van der Waals surface area contributed by atoms with Gasteiger partial charge in [-0.25, -0.2) is 4.79 Å². The van der Waals surface area contributed by atoms with Crippen LogP contribution in [-0.4, -0.2) is 30.3 Å². The van der Waals surface area contributed by atoms with Gasteiger partial charge in [0.05, 0.1) is 12.5 Å². The lowest BCUT2D eigenvalue weighted by Crippen LogP contribution is -2.16. The molecule has 1 atom stereocenters. The van der Waals surface area contributed by atoms with Crippen molar-refractivity contribution in [3.8, 4) is 16.9 Å². The van der Waals surface area contributed by atoms with E-state index in [0.717, 1.165) is 27.8 Å². The summed E-state index contributed by atoms with van der Waals surface area (Å²) in [5.41, 5.74) is 5.31. The molecule has 3 aromatic carbocycles. The molecule has 0 aliphatic rings. The van der Waals surface area contributed by atoms with Gasteiger partial charge in [-0.3, -0.25) is 4.79 Å². The predicted molar refractivity (Wildman–Crippen MR) is 139 cm³/mol. The van der Waals surface area contributed by atoms with Crippen LogP contribution < -0.4 is 4.74 Å². The third-order valence-corrected chi connectivity index (χ3v) is 5.92. The molecule has 3 aromatic rings. The summed E-state index contributed by atoms with van der Waals surface area (Å²) in [7, 11) is 0. The number of carbonyl (C=O) groups is 2. The minimum atomic E-state index is -0.923. The zero-order chi connectivity index (χ0) is 25.4. The fourth-order valence-electron chi connectivity index (χ4n) is 3.88. The molecular formula is C29H29ClO5. The van der Waals surface area contributed by atoms with Gasteiger partial charge in [0.2, 0.25) is 0 Å². The van der Waals surface area contributed by atoms with Crippen LogP contribution in [-0.2, 0) is 20.7 Å². The van der Waals surface area contributed by atoms with Gasteiger partial charge in [-0.1, -0.05) is 66.2 Å². The molecule has 6 heteroatoms. The Morgan fingerprint density at radius 2 is 1.63 bits per heavy atom. The van der Waals surface area contributed by atoms with Crippen molar-refractivity contribution in [2.75, 3.05) is 13.2 Å². The van der Waals surface area contributed by atoms with Gasteiger partial charge in [-0.05, 0) is 78.8 Å². The standard InChI is InChI=1S/C29H29ClO5/c1-4-34-28(31)18-35-24-14-16-25(19(2)3)27(17-24)26(29(32)33)15-7-20-5-8-21(9-6-20)22-10-12-23(30)13-11-22/h5-6,8-14,16-17,26H,2,4,7,15,18H2,1,3H3,(H,32,33). The number of esters is 1. The van der Waals surface area contributed by atoms with Gasteiger partial charge >= 0.3 is 11.9 Å². The van der Waals surface area contributed by atoms with Crippen LogP contribution >= 0.6 is 11.6 Å². The molecule has 0 radical (unpaired) electrons. The van der Waals surface area contributed by atoms with Gasteiger partial charge in [0.15, 0.2) is 6.61 Å².